The topological polar surface area (TPSA) is 62.2 Å². The lowest BCUT2D eigenvalue weighted by atomic mass is 10.1. The van der Waals surface area contributed by atoms with Gasteiger partial charge in [0.1, 0.15) is 0 Å². The third kappa shape index (κ3) is 2.84. The summed E-state index contributed by atoms with van der Waals surface area (Å²) < 4.78 is 1.68. The van der Waals surface area contributed by atoms with Gasteiger partial charge in [-0.15, -0.1) is 0 Å². The number of hydrogen-bond donors (Lipinski definition) is 2. The van der Waals surface area contributed by atoms with Crippen LogP contribution in [0.5, 0.6) is 0 Å². The minimum Gasteiger partial charge on any atom is -0.369 e. The first-order chi connectivity index (χ1) is 11.3. The Balaban J connectivity index is 1.73. The second kappa shape index (κ2) is 6.29. The van der Waals surface area contributed by atoms with E-state index in [0.29, 0.717) is 0 Å². The van der Waals surface area contributed by atoms with Gasteiger partial charge in [-0.3, -0.25) is 4.79 Å². The first-order valence-electron chi connectivity index (χ1n) is 8.51. The van der Waals surface area contributed by atoms with E-state index >= 15 is 0 Å². The van der Waals surface area contributed by atoms with Crippen molar-refractivity contribution >= 4 is 16.5 Å². The van der Waals surface area contributed by atoms with E-state index in [1.807, 2.05) is 18.3 Å². The number of nitrogens with one attached hydrogen (secondary N) is 2. The Hall–Kier alpha value is -1.92. The Morgan fingerprint density at radius 1 is 1.13 bits per heavy atom. The molecule has 1 atom stereocenters. The summed E-state index contributed by atoms with van der Waals surface area (Å²) >= 11 is 0. The quantitative estimate of drug-likeness (QED) is 0.856. The van der Waals surface area contributed by atoms with E-state index in [-0.39, 0.29) is 11.6 Å². The number of rotatable bonds is 2. The lowest BCUT2D eigenvalue weighted by Gasteiger charge is -2.29. The molecule has 2 aromatic rings. The number of aromatic nitrogens is 2. The number of piperazine rings is 1. The van der Waals surface area contributed by atoms with Gasteiger partial charge in [0.05, 0.1) is 17.6 Å². The SMILES string of the molecule is O=c1c2cc(N3CCNCC3)ccc2cnn1C1CCCNC1. The molecule has 1 unspecified atom stereocenters. The van der Waals surface area contributed by atoms with Crippen molar-refractivity contribution in [1.82, 2.24) is 20.4 Å². The molecule has 2 saturated heterocycles. The molecule has 2 N–H and O–H groups in total. The van der Waals surface area contributed by atoms with Crippen molar-refractivity contribution < 1.29 is 0 Å². The maximum atomic E-state index is 12.9. The van der Waals surface area contributed by atoms with Crippen LogP contribution in [0.4, 0.5) is 5.69 Å². The highest BCUT2D eigenvalue weighted by Crippen LogP contribution is 2.21. The fraction of sp³-hybridized carbons (Fsp3) is 0.529. The molecule has 122 valence electrons. The smallest absolute Gasteiger partial charge is 0.275 e. The summed E-state index contributed by atoms with van der Waals surface area (Å²) in [5.74, 6) is 0. The van der Waals surface area contributed by atoms with Crippen LogP contribution in [0.1, 0.15) is 18.9 Å². The zero-order valence-corrected chi connectivity index (χ0v) is 13.3. The van der Waals surface area contributed by atoms with Crippen LogP contribution in [0, 0.1) is 0 Å². The van der Waals surface area contributed by atoms with Gasteiger partial charge < -0.3 is 15.5 Å². The Kier molecular flexibility index (Phi) is 4.01. The number of anilines is 1. The van der Waals surface area contributed by atoms with Crippen LogP contribution in [0.25, 0.3) is 10.8 Å². The monoisotopic (exact) mass is 313 g/mol. The molecule has 4 rings (SSSR count). The van der Waals surface area contributed by atoms with Crippen LogP contribution in [0.15, 0.2) is 29.2 Å². The minimum atomic E-state index is 0.0354. The maximum absolute atomic E-state index is 12.9. The summed E-state index contributed by atoms with van der Waals surface area (Å²) in [6, 6.07) is 6.33. The van der Waals surface area contributed by atoms with Crippen LogP contribution in [0.2, 0.25) is 0 Å². The van der Waals surface area contributed by atoms with Gasteiger partial charge in [0.25, 0.3) is 5.56 Å². The molecular formula is C17H23N5O. The number of nitrogens with zero attached hydrogens (tertiary/aromatic N) is 3. The van der Waals surface area contributed by atoms with Crippen LogP contribution >= 0.6 is 0 Å². The summed E-state index contributed by atoms with van der Waals surface area (Å²) in [6.07, 6.45) is 3.94. The second-order valence-electron chi connectivity index (χ2n) is 6.40. The lowest BCUT2D eigenvalue weighted by molar-refractivity contribution is 0.337. The molecule has 23 heavy (non-hydrogen) atoms. The Labute approximate surface area is 135 Å². The fourth-order valence-electron chi connectivity index (χ4n) is 3.56. The first-order valence-corrected chi connectivity index (χ1v) is 8.51. The van der Waals surface area contributed by atoms with Crippen LogP contribution in [0.3, 0.4) is 0 Å². The molecular weight excluding hydrogens is 290 g/mol. The highest BCUT2D eigenvalue weighted by molar-refractivity contribution is 5.84. The molecule has 2 fully saturated rings. The van der Waals surface area contributed by atoms with Gasteiger partial charge in [-0.05, 0) is 31.5 Å². The van der Waals surface area contributed by atoms with E-state index in [9.17, 15) is 4.79 Å². The highest BCUT2D eigenvalue weighted by atomic mass is 16.1. The number of piperidine rings is 1. The minimum absolute atomic E-state index is 0.0354. The van der Waals surface area contributed by atoms with Crippen molar-refractivity contribution in [3.8, 4) is 0 Å². The van der Waals surface area contributed by atoms with E-state index in [4.69, 9.17) is 0 Å². The summed E-state index contributed by atoms with van der Waals surface area (Å²) in [6.45, 7) is 5.81. The third-order valence-corrected chi connectivity index (χ3v) is 4.90. The fourth-order valence-corrected chi connectivity index (χ4v) is 3.56. The molecule has 0 spiro atoms. The molecule has 3 heterocycles. The lowest BCUT2D eigenvalue weighted by Crippen LogP contribution is -2.43. The molecule has 2 aliphatic rings. The van der Waals surface area contributed by atoms with E-state index < -0.39 is 0 Å². The van der Waals surface area contributed by atoms with Crippen molar-refractivity contribution in [2.75, 3.05) is 44.2 Å². The molecule has 6 heteroatoms. The molecule has 0 aliphatic carbocycles. The van der Waals surface area contributed by atoms with Crippen LogP contribution in [-0.4, -0.2) is 49.0 Å². The van der Waals surface area contributed by atoms with Gasteiger partial charge in [-0.2, -0.15) is 5.10 Å². The third-order valence-electron chi connectivity index (χ3n) is 4.90. The van der Waals surface area contributed by atoms with Gasteiger partial charge >= 0.3 is 0 Å². The van der Waals surface area contributed by atoms with Crippen molar-refractivity contribution in [2.45, 2.75) is 18.9 Å². The first kappa shape index (κ1) is 14.7. The van der Waals surface area contributed by atoms with Crippen molar-refractivity contribution in [2.24, 2.45) is 0 Å². The summed E-state index contributed by atoms with van der Waals surface area (Å²) in [7, 11) is 0. The predicted octanol–water partition coefficient (Wildman–Crippen LogP) is 0.731. The van der Waals surface area contributed by atoms with E-state index in [1.54, 1.807) is 4.68 Å². The van der Waals surface area contributed by atoms with Crippen molar-refractivity contribution in [1.29, 1.82) is 0 Å². The van der Waals surface area contributed by atoms with E-state index in [0.717, 1.165) is 68.6 Å². The van der Waals surface area contributed by atoms with E-state index in [1.165, 1.54) is 0 Å². The zero-order valence-electron chi connectivity index (χ0n) is 13.3. The van der Waals surface area contributed by atoms with Crippen LogP contribution < -0.4 is 21.1 Å². The highest BCUT2D eigenvalue weighted by Gasteiger charge is 2.19. The summed E-state index contributed by atoms with van der Waals surface area (Å²) in [4.78, 5) is 15.2. The van der Waals surface area contributed by atoms with Gasteiger partial charge in [-0.1, -0.05) is 6.07 Å². The molecule has 2 aliphatic heterocycles. The number of fused-ring (bicyclic) bond motifs is 1. The molecule has 0 radical (unpaired) electrons. The second-order valence-corrected chi connectivity index (χ2v) is 6.40. The molecule has 0 amide bonds. The summed E-state index contributed by atoms with van der Waals surface area (Å²) in [5.41, 5.74) is 1.17. The standard InChI is InChI=1S/C17H23N5O/c23-17-16-10-14(21-8-6-18-7-9-21)4-3-13(16)11-20-22(17)15-2-1-5-19-12-15/h3-4,10-11,15,18-19H,1-2,5-9,12H2. The van der Waals surface area contributed by atoms with Gasteiger partial charge in [0, 0.05) is 43.8 Å². The van der Waals surface area contributed by atoms with Gasteiger partial charge in [0.2, 0.25) is 0 Å². The molecule has 0 bridgehead atoms. The molecule has 0 saturated carbocycles. The average Bonchev–Trinajstić information content (AvgIpc) is 2.63. The van der Waals surface area contributed by atoms with E-state index in [2.05, 4.69) is 26.7 Å². The van der Waals surface area contributed by atoms with Crippen molar-refractivity contribution in [3.05, 3.63) is 34.7 Å². The Morgan fingerprint density at radius 3 is 2.78 bits per heavy atom. The summed E-state index contributed by atoms with van der Waals surface area (Å²) in [5, 5.41) is 12.8. The van der Waals surface area contributed by atoms with Gasteiger partial charge in [-0.25, -0.2) is 4.68 Å². The Bertz CT molecular complexity index is 739. The zero-order chi connectivity index (χ0) is 15.6. The predicted molar refractivity (Wildman–Crippen MR) is 92.2 cm³/mol. The molecule has 1 aromatic heterocycles. The number of hydrogen-bond acceptors (Lipinski definition) is 5. The maximum Gasteiger partial charge on any atom is 0.275 e. The average molecular weight is 313 g/mol. The molecule has 6 nitrogen and oxygen atoms in total. The van der Waals surface area contributed by atoms with Gasteiger partial charge in [0.15, 0.2) is 0 Å². The Morgan fingerprint density at radius 2 is 2.00 bits per heavy atom. The normalized spacial score (nSPS) is 22.4. The largest absolute Gasteiger partial charge is 0.369 e. The van der Waals surface area contributed by atoms with Crippen LogP contribution in [-0.2, 0) is 0 Å². The number of benzene rings is 1. The van der Waals surface area contributed by atoms with Crippen molar-refractivity contribution in [3.63, 3.8) is 0 Å². The molecule has 1 aromatic carbocycles.